The van der Waals surface area contributed by atoms with Gasteiger partial charge in [0.25, 0.3) is 11.1 Å². The van der Waals surface area contributed by atoms with E-state index in [0.29, 0.717) is 22.1 Å². The van der Waals surface area contributed by atoms with Crippen molar-refractivity contribution in [2.75, 3.05) is 13.2 Å². The number of rotatable bonds is 7. The third-order valence-electron chi connectivity index (χ3n) is 3.23. The molecule has 1 N–H and O–H groups in total. The van der Waals surface area contributed by atoms with Crippen molar-refractivity contribution >= 4 is 23.2 Å². The molecule has 0 saturated carbocycles. The summed E-state index contributed by atoms with van der Waals surface area (Å²) in [6.07, 6.45) is 4.69. The number of hydrogen-bond acceptors (Lipinski definition) is 7. The van der Waals surface area contributed by atoms with E-state index in [0.717, 1.165) is 0 Å². The first-order valence-electron chi connectivity index (χ1n) is 7.75. The molecule has 7 nitrogen and oxygen atoms in total. The van der Waals surface area contributed by atoms with Crippen LogP contribution in [0, 0.1) is 0 Å². The van der Waals surface area contributed by atoms with Crippen molar-refractivity contribution < 1.29 is 19.1 Å². The number of nitrogens with zero attached hydrogens (tertiary/aromatic N) is 2. The van der Waals surface area contributed by atoms with Crippen LogP contribution in [0.15, 0.2) is 60.4 Å². The summed E-state index contributed by atoms with van der Waals surface area (Å²) in [7, 11) is 0. The summed E-state index contributed by atoms with van der Waals surface area (Å²) in [5, 5.41) is 4.95. The van der Waals surface area contributed by atoms with Crippen LogP contribution in [0.5, 0.6) is 10.9 Å². The van der Waals surface area contributed by atoms with E-state index in [1.807, 2.05) is 0 Å². The Kier molecular flexibility index (Phi) is 5.89. The molecule has 0 aliphatic rings. The number of esters is 1. The molecule has 0 bridgehead atoms. The van der Waals surface area contributed by atoms with Crippen LogP contribution in [-0.4, -0.2) is 35.0 Å². The number of nitrogens with one attached hydrogen (secondary N) is 1. The Bertz CT molecular complexity index is 869. The number of carbonyl (C=O) groups excluding carboxylic acids is 2. The highest BCUT2D eigenvalue weighted by molar-refractivity contribution is 7.11. The van der Waals surface area contributed by atoms with Crippen LogP contribution in [0.3, 0.4) is 0 Å². The van der Waals surface area contributed by atoms with Gasteiger partial charge in [-0.05, 0) is 30.3 Å². The van der Waals surface area contributed by atoms with Gasteiger partial charge in [-0.3, -0.25) is 9.78 Å². The Hall–Kier alpha value is -3.26. The minimum absolute atomic E-state index is 0.0579. The monoisotopic (exact) mass is 369 g/mol. The first kappa shape index (κ1) is 17.6. The van der Waals surface area contributed by atoms with Crippen molar-refractivity contribution in [3.05, 3.63) is 71.5 Å². The Morgan fingerprint density at radius 3 is 2.77 bits per heavy atom. The SMILES string of the molecule is O=C(NCCOC(=O)c1cccc(Oc2nccs2)c1)c1cccnc1. The third kappa shape index (κ3) is 4.87. The molecular formula is C18H15N3O4S. The molecule has 0 saturated heterocycles. The highest BCUT2D eigenvalue weighted by Crippen LogP contribution is 2.24. The molecule has 2 aromatic heterocycles. The van der Waals surface area contributed by atoms with Gasteiger partial charge in [0.1, 0.15) is 12.4 Å². The van der Waals surface area contributed by atoms with Gasteiger partial charge in [-0.1, -0.05) is 17.4 Å². The van der Waals surface area contributed by atoms with Crippen molar-refractivity contribution in [3.63, 3.8) is 0 Å². The first-order valence-corrected chi connectivity index (χ1v) is 8.63. The van der Waals surface area contributed by atoms with E-state index in [-0.39, 0.29) is 19.1 Å². The summed E-state index contributed by atoms with van der Waals surface area (Å²) < 4.78 is 10.7. The predicted molar refractivity (Wildman–Crippen MR) is 95.5 cm³/mol. The van der Waals surface area contributed by atoms with Gasteiger partial charge in [-0.15, -0.1) is 0 Å². The lowest BCUT2D eigenvalue weighted by Crippen LogP contribution is -2.28. The number of aromatic nitrogens is 2. The maximum Gasteiger partial charge on any atom is 0.338 e. The molecule has 0 aliphatic heterocycles. The minimum Gasteiger partial charge on any atom is -0.460 e. The summed E-state index contributed by atoms with van der Waals surface area (Å²) in [5.41, 5.74) is 0.809. The molecule has 26 heavy (non-hydrogen) atoms. The summed E-state index contributed by atoms with van der Waals surface area (Å²) in [6, 6.07) is 9.97. The van der Waals surface area contributed by atoms with Gasteiger partial charge >= 0.3 is 5.97 Å². The molecule has 1 aromatic carbocycles. The molecule has 1 amide bonds. The van der Waals surface area contributed by atoms with Gasteiger partial charge in [0.05, 0.1) is 17.7 Å². The van der Waals surface area contributed by atoms with Gasteiger partial charge in [0.2, 0.25) is 0 Å². The normalized spacial score (nSPS) is 10.2. The molecule has 3 aromatic rings. The van der Waals surface area contributed by atoms with Gasteiger partial charge in [-0.25, -0.2) is 9.78 Å². The van der Waals surface area contributed by atoms with E-state index >= 15 is 0 Å². The molecule has 0 unspecified atom stereocenters. The molecule has 0 fully saturated rings. The average molecular weight is 369 g/mol. The number of amides is 1. The highest BCUT2D eigenvalue weighted by atomic mass is 32.1. The maximum absolute atomic E-state index is 12.1. The van der Waals surface area contributed by atoms with Gasteiger partial charge < -0.3 is 14.8 Å². The van der Waals surface area contributed by atoms with E-state index in [1.54, 1.807) is 54.2 Å². The van der Waals surface area contributed by atoms with Crippen molar-refractivity contribution in [2.45, 2.75) is 0 Å². The standard InChI is InChI=1S/C18H15N3O4S/c22-16(14-4-2-6-19-12-14)20-7-9-24-17(23)13-3-1-5-15(11-13)25-18-21-8-10-26-18/h1-6,8,10-12H,7,9H2,(H,20,22). The number of hydrogen-bond donors (Lipinski definition) is 1. The highest BCUT2D eigenvalue weighted by Gasteiger charge is 2.10. The zero-order chi connectivity index (χ0) is 18.2. The van der Waals surface area contributed by atoms with Gasteiger partial charge in [-0.2, -0.15) is 0 Å². The van der Waals surface area contributed by atoms with E-state index < -0.39 is 5.97 Å². The minimum atomic E-state index is -0.495. The lowest BCUT2D eigenvalue weighted by atomic mass is 10.2. The van der Waals surface area contributed by atoms with Gasteiger partial charge in [0.15, 0.2) is 0 Å². The number of thiazole rings is 1. The molecule has 2 heterocycles. The summed E-state index contributed by atoms with van der Waals surface area (Å²) >= 11 is 1.36. The lowest BCUT2D eigenvalue weighted by molar-refractivity contribution is 0.0503. The van der Waals surface area contributed by atoms with Crippen LogP contribution in [0.4, 0.5) is 0 Å². The average Bonchev–Trinajstić information content (AvgIpc) is 3.19. The third-order valence-corrected chi connectivity index (χ3v) is 3.88. The van der Waals surface area contributed by atoms with Crippen LogP contribution in [-0.2, 0) is 4.74 Å². The predicted octanol–water partition coefficient (Wildman–Crippen LogP) is 2.92. The van der Waals surface area contributed by atoms with Crippen LogP contribution >= 0.6 is 11.3 Å². The summed E-state index contributed by atoms with van der Waals surface area (Å²) in [5.74, 6) is -0.266. The van der Waals surface area contributed by atoms with Crippen molar-refractivity contribution in [1.29, 1.82) is 0 Å². The molecule has 0 spiro atoms. The molecule has 0 radical (unpaired) electrons. The summed E-state index contributed by atoms with van der Waals surface area (Å²) in [4.78, 5) is 31.8. The van der Waals surface area contributed by atoms with E-state index in [2.05, 4.69) is 15.3 Å². The molecule has 132 valence electrons. The largest absolute Gasteiger partial charge is 0.460 e. The fourth-order valence-corrected chi connectivity index (χ4v) is 2.54. The zero-order valence-electron chi connectivity index (χ0n) is 13.6. The smallest absolute Gasteiger partial charge is 0.338 e. The van der Waals surface area contributed by atoms with Crippen molar-refractivity contribution in [2.24, 2.45) is 0 Å². The maximum atomic E-state index is 12.1. The topological polar surface area (TPSA) is 90.4 Å². The van der Waals surface area contributed by atoms with Crippen LogP contribution in [0.2, 0.25) is 0 Å². The second-order valence-electron chi connectivity index (χ2n) is 5.06. The second-order valence-corrected chi connectivity index (χ2v) is 5.92. The van der Waals surface area contributed by atoms with Crippen LogP contribution in [0.25, 0.3) is 0 Å². The van der Waals surface area contributed by atoms with E-state index in [1.165, 1.54) is 17.5 Å². The number of carbonyl (C=O) groups is 2. The Labute approximate surface area is 153 Å². The fraction of sp³-hybridized carbons (Fsp3) is 0.111. The Morgan fingerprint density at radius 2 is 2.00 bits per heavy atom. The van der Waals surface area contributed by atoms with Crippen LogP contribution in [0.1, 0.15) is 20.7 Å². The Morgan fingerprint density at radius 1 is 1.12 bits per heavy atom. The molecule has 3 rings (SSSR count). The van der Waals surface area contributed by atoms with E-state index in [9.17, 15) is 9.59 Å². The fourth-order valence-electron chi connectivity index (χ4n) is 2.04. The molecule has 0 aliphatic carbocycles. The van der Waals surface area contributed by atoms with E-state index in [4.69, 9.17) is 9.47 Å². The second kappa shape index (κ2) is 8.72. The number of pyridine rings is 1. The first-order chi connectivity index (χ1) is 12.7. The molecular weight excluding hydrogens is 354 g/mol. The van der Waals surface area contributed by atoms with Crippen molar-refractivity contribution in [3.8, 4) is 10.9 Å². The molecule has 8 heteroatoms. The Balaban J connectivity index is 1.47. The van der Waals surface area contributed by atoms with Gasteiger partial charge in [0, 0.05) is 24.0 Å². The number of benzene rings is 1. The van der Waals surface area contributed by atoms with Crippen molar-refractivity contribution in [1.82, 2.24) is 15.3 Å². The summed E-state index contributed by atoms with van der Waals surface area (Å²) in [6.45, 7) is 0.261. The lowest BCUT2D eigenvalue weighted by Gasteiger charge is -2.08. The number of ether oxygens (including phenoxy) is 2. The zero-order valence-corrected chi connectivity index (χ0v) is 14.4. The quantitative estimate of drug-likeness (QED) is 0.509. The molecule has 0 atom stereocenters. The van der Waals surface area contributed by atoms with Crippen LogP contribution < -0.4 is 10.1 Å².